The number of halogens is 1. The van der Waals surface area contributed by atoms with Gasteiger partial charge in [0.15, 0.2) is 0 Å². The fraction of sp³-hybridized carbons (Fsp3) is 0.227. The molecule has 4 rings (SSSR count). The second-order valence-electron chi connectivity index (χ2n) is 7.10. The molecule has 2 amide bonds. The number of para-hydroxylation sites is 1. The molecule has 1 atom stereocenters. The summed E-state index contributed by atoms with van der Waals surface area (Å²) in [5.74, 6) is 0.484. The zero-order valence-electron chi connectivity index (χ0n) is 16.9. The number of aromatic nitrogens is 2. The predicted octanol–water partition coefficient (Wildman–Crippen LogP) is 3.54. The third kappa shape index (κ3) is 4.72. The number of anilines is 1. The summed E-state index contributed by atoms with van der Waals surface area (Å²) >= 11 is 3.44. The molecule has 0 aliphatic carbocycles. The molecule has 0 radical (unpaired) electrons. The highest BCUT2D eigenvalue weighted by Gasteiger charge is 2.36. The van der Waals surface area contributed by atoms with E-state index in [0.29, 0.717) is 19.0 Å². The normalized spacial score (nSPS) is 15.7. The molecule has 2 N–H and O–H groups in total. The lowest BCUT2D eigenvalue weighted by Gasteiger charge is -2.22. The maximum Gasteiger partial charge on any atom is 0.407 e. The number of H-pyrrole nitrogens is 1. The van der Waals surface area contributed by atoms with Crippen LogP contribution in [0.1, 0.15) is 11.9 Å². The predicted molar refractivity (Wildman–Crippen MR) is 120 cm³/mol. The van der Waals surface area contributed by atoms with Crippen molar-refractivity contribution in [1.29, 1.82) is 0 Å². The van der Waals surface area contributed by atoms with E-state index in [0.717, 1.165) is 21.4 Å². The van der Waals surface area contributed by atoms with Crippen LogP contribution in [0.5, 0.6) is 0 Å². The molecule has 1 saturated heterocycles. The number of aromatic amines is 1. The van der Waals surface area contributed by atoms with E-state index in [4.69, 9.17) is 4.98 Å². The molecular weight excluding hydrogens is 462 g/mol. The summed E-state index contributed by atoms with van der Waals surface area (Å²) in [7, 11) is 1.27. The van der Waals surface area contributed by atoms with E-state index in [1.54, 1.807) is 4.90 Å². The van der Waals surface area contributed by atoms with Crippen molar-refractivity contribution in [3.05, 3.63) is 71.1 Å². The number of imidazole rings is 1. The Hall–Kier alpha value is -3.33. The highest BCUT2D eigenvalue weighted by atomic mass is 79.9. The Balaban J connectivity index is 1.58. The molecule has 8 nitrogen and oxygen atoms in total. The van der Waals surface area contributed by atoms with Gasteiger partial charge < -0.3 is 24.8 Å². The van der Waals surface area contributed by atoms with Crippen molar-refractivity contribution in [2.75, 3.05) is 31.8 Å². The van der Waals surface area contributed by atoms with E-state index in [1.165, 1.54) is 7.11 Å². The van der Waals surface area contributed by atoms with Gasteiger partial charge in [0.25, 0.3) is 0 Å². The second-order valence-corrected chi connectivity index (χ2v) is 8.02. The van der Waals surface area contributed by atoms with Crippen LogP contribution in [0.2, 0.25) is 0 Å². The van der Waals surface area contributed by atoms with Crippen molar-refractivity contribution in [2.45, 2.75) is 6.04 Å². The Kier molecular flexibility index (Phi) is 6.22. The zero-order valence-corrected chi connectivity index (χ0v) is 18.5. The number of methoxy groups -OCH3 is 1. The number of alkyl carbamates (subject to hydrolysis) is 1. The molecule has 0 bridgehead atoms. The number of amides is 2. The largest absolute Gasteiger partial charge is 0.453 e. The highest BCUT2D eigenvalue weighted by molar-refractivity contribution is 9.10. The summed E-state index contributed by atoms with van der Waals surface area (Å²) in [6, 6.07) is 17.5. The van der Waals surface area contributed by atoms with Gasteiger partial charge in [0.05, 0.1) is 19.5 Å². The molecule has 2 heterocycles. The maximum atomic E-state index is 12.9. The first-order valence-corrected chi connectivity index (χ1v) is 10.6. The Morgan fingerprint density at radius 2 is 1.94 bits per heavy atom. The Labute approximate surface area is 188 Å². The Morgan fingerprint density at radius 1 is 1.19 bits per heavy atom. The lowest BCUT2D eigenvalue weighted by molar-refractivity contribution is -0.131. The van der Waals surface area contributed by atoms with Crippen molar-refractivity contribution in [1.82, 2.24) is 20.2 Å². The smallest absolute Gasteiger partial charge is 0.407 e. The van der Waals surface area contributed by atoms with Crippen molar-refractivity contribution < 1.29 is 14.3 Å². The van der Waals surface area contributed by atoms with Crippen LogP contribution in [0, 0.1) is 0 Å². The van der Waals surface area contributed by atoms with Crippen LogP contribution in [-0.4, -0.2) is 53.7 Å². The number of carbonyl (C=O) groups excluding carboxylic acids is 2. The van der Waals surface area contributed by atoms with Crippen molar-refractivity contribution in [3.8, 4) is 11.3 Å². The van der Waals surface area contributed by atoms with Gasteiger partial charge in [0, 0.05) is 28.5 Å². The van der Waals surface area contributed by atoms with Crippen LogP contribution in [0.4, 0.5) is 10.5 Å². The first-order valence-electron chi connectivity index (χ1n) is 9.77. The average molecular weight is 484 g/mol. The molecule has 3 aromatic rings. The molecule has 0 unspecified atom stereocenters. The van der Waals surface area contributed by atoms with E-state index in [1.807, 2.05) is 60.8 Å². The van der Waals surface area contributed by atoms with Crippen molar-refractivity contribution in [3.63, 3.8) is 0 Å². The molecule has 1 aromatic heterocycles. The summed E-state index contributed by atoms with van der Waals surface area (Å²) in [4.78, 5) is 36.2. The monoisotopic (exact) mass is 483 g/mol. The number of benzene rings is 2. The van der Waals surface area contributed by atoms with Gasteiger partial charge in [0.2, 0.25) is 5.91 Å². The van der Waals surface area contributed by atoms with Crippen LogP contribution in [0.25, 0.3) is 11.3 Å². The summed E-state index contributed by atoms with van der Waals surface area (Å²) in [5.41, 5.74) is 2.80. The van der Waals surface area contributed by atoms with E-state index < -0.39 is 6.09 Å². The number of nitrogens with zero attached hydrogens (tertiary/aromatic N) is 3. The fourth-order valence-electron chi connectivity index (χ4n) is 3.56. The molecule has 9 heteroatoms. The third-order valence-electron chi connectivity index (χ3n) is 5.16. The van der Waals surface area contributed by atoms with E-state index >= 15 is 0 Å². The second kappa shape index (κ2) is 9.22. The van der Waals surface area contributed by atoms with E-state index in [2.05, 4.69) is 35.9 Å². The van der Waals surface area contributed by atoms with E-state index in [-0.39, 0.29) is 18.5 Å². The Morgan fingerprint density at radius 3 is 2.65 bits per heavy atom. The van der Waals surface area contributed by atoms with Crippen LogP contribution < -0.4 is 10.2 Å². The van der Waals surface area contributed by atoms with Crippen LogP contribution in [0.3, 0.4) is 0 Å². The fourth-order valence-corrected chi connectivity index (χ4v) is 3.82. The molecule has 2 aromatic carbocycles. The minimum atomic E-state index is -0.639. The van der Waals surface area contributed by atoms with Crippen LogP contribution in [0.15, 0.2) is 65.3 Å². The standard InChI is InChI=1S/C22H22BrN5O3/c1-31-22(30)25-12-20(29)28-14-27(17-5-3-2-4-6-17)13-19(28)21-24-11-18(26-21)15-7-9-16(23)10-8-15/h2-11,19H,12-14H2,1H3,(H,24,26)(H,25,30)/t19-/m0/s1. The van der Waals surface area contributed by atoms with Crippen LogP contribution in [-0.2, 0) is 9.53 Å². The van der Waals surface area contributed by atoms with Crippen LogP contribution >= 0.6 is 15.9 Å². The first-order chi connectivity index (χ1) is 15.0. The molecule has 1 aliphatic rings. The molecule has 0 saturated carbocycles. The number of hydrogen-bond donors (Lipinski definition) is 2. The number of rotatable bonds is 5. The van der Waals surface area contributed by atoms with Gasteiger partial charge >= 0.3 is 6.09 Å². The molecular formula is C22H22BrN5O3. The van der Waals surface area contributed by atoms with Gasteiger partial charge in [-0.2, -0.15) is 0 Å². The SMILES string of the molecule is COC(=O)NCC(=O)N1CN(c2ccccc2)C[C@H]1c1nc(-c2ccc(Br)cc2)c[nH]1. The molecule has 160 valence electrons. The van der Waals surface area contributed by atoms with Gasteiger partial charge in [-0.15, -0.1) is 0 Å². The zero-order chi connectivity index (χ0) is 21.8. The number of nitrogens with one attached hydrogen (secondary N) is 2. The van der Waals surface area contributed by atoms with Gasteiger partial charge in [-0.25, -0.2) is 9.78 Å². The maximum absolute atomic E-state index is 12.9. The molecule has 0 spiro atoms. The van der Waals surface area contributed by atoms with Gasteiger partial charge in [0.1, 0.15) is 18.4 Å². The van der Waals surface area contributed by atoms with Gasteiger partial charge in [-0.1, -0.05) is 46.3 Å². The number of carbonyl (C=O) groups is 2. The number of hydrogen-bond acceptors (Lipinski definition) is 5. The lowest BCUT2D eigenvalue weighted by Crippen LogP contribution is -2.41. The minimum Gasteiger partial charge on any atom is -0.453 e. The first kappa shape index (κ1) is 20.9. The van der Waals surface area contributed by atoms with E-state index in [9.17, 15) is 9.59 Å². The average Bonchev–Trinajstić information content (AvgIpc) is 3.46. The lowest BCUT2D eigenvalue weighted by atomic mass is 10.2. The molecule has 1 fully saturated rings. The summed E-state index contributed by atoms with van der Waals surface area (Å²) in [5, 5.41) is 2.47. The van der Waals surface area contributed by atoms with Crippen molar-refractivity contribution in [2.24, 2.45) is 0 Å². The number of ether oxygens (including phenoxy) is 1. The van der Waals surface area contributed by atoms with Crippen molar-refractivity contribution >= 4 is 33.6 Å². The summed E-state index contributed by atoms with van der Waals surface area (Å²) in [6.07, 6.45) is 1.21. The molecule has 31 heavy (non-hydrogen) atoms. The quantitative estimate of drug-likeness (QED) is 0.578. The van der Waals surface area contributed by atoms with Gasteiger partial charge in [-0.05, 0) is 24.3 Å². The topological polar surface area (TPSA) is 90.6 Å². The highest BCUT2D eigenvalue weighted by Crippen LogP contribution is 2.31. The third-order valence-corrected chi connectivity index (χ3v) is 5.69. The Bertz CT molecular complexity index is 1050. The molecule has 1 aliphatic heterocycles. The minimum absolute atomic E-state index is 0.147. The van der Waals surface area contributed by atoms with Gasteiger partial charge in [-0.3, -0.25) is 4.79 Å². The summed E-state index contributed by atoms with van der Waals surface area (Å²) in [6.45, 7) is 0.831. The summed E-state index contributed by atoms with van der Waals surface area (Å²) < 4.78 is 5.57.